The summed E-state index contributed by atoms with van der Waals surface area (Å²) in [4.78, 5) is 26.2. The molecule has 0 atom stereocenters. The van der Waals surface area contributed by atoms with Crippen LogP contribution < -0.4 is 20.5 Å². The number of rotatable bonds is 6. The standard InChI is InChI=1S/C18H16FN3O4/c1-25-15-6-5-10(7-16(15)26-9-17(20)23)21-18(24)14-8-11-12(19)3-2-4-13(11)22-14/h2-8,22H,9H2,1H3,(H2,20,23)(H,21,24). The molecule has 0 saturated heterocycles. The van der Waals surface area contributed by atoms with Gasteiger partial charge in [-0.25, -0.2) is 4.39 Å². The monoisotopic (exact) mass is 357 g/mol. The molecule has 26 heavy (non-hydrogen) atoms. The summed E-state index contributed by atoms with van der Waals surface area (Å²) in [7, 11) is 1.45. The fraction of sp³-hybridized carbons (Fsp3) is 0.111. The second kappa shape index (κ2) is 7.14. The first-order chi connectivity index (χ1) is 12.5. The summed E-state index contributed by atoms with van der Waals surface area (Å²) in [5.74, 6) is -0.860. The van der Waals surface area contributed by atoms with Crippen LogP contribution in [0.3, 0.4) is 0 Å². The molecule has 134 valence electrons. The van der Waals surface area contributed by atoms with Crippen LogP contribution in [0.4, 0.5) is 10.1 Å². The molecule has 0 radical (unpaired) electrons. The summed E-state index contributed by atoms with van der Waals surface area (Å²) in [5.41, 5.74) is 6.21. The SMILES string of the molecule is COc1ccc(NC(=O)c2cc3c(F)cccc3[nH]2)cc1OCC(N)=O. The topological polar surface area (TPSA) is 106 Å². The maximum atomic E-state index is 13.8. The molecule has 3 aromatic rings. The third-order valence-corrected chi connectivity index (χ3v) is 3.65. The van der Waals surface area contributed by atoms with Crippen molar-refractivity contribution in [3.8, 4) is 11.5 Å². The number of methoxy groups -OCH3 is 1. The van der Waals surface area contributed by atoms with Gasteiger partial charge in [-0.05, 0) is 30.3 Å². The highest BCUT2D eigenvalue weighted by Gasteiger charge is 2.14. The van der Waals surface area contributed by atoms with Crippen LogP contribution in [0.1, 0.15) is 10.5 Å². The van der Waals surface area contributed by atoms with Gasteiger partial charge in [-0.15, -0.1) is 0 Å². The molecule has 0 fully saturated rings. The van der Waals surface area contributed by atoms with E-state index in [2.05, 4.69) is 10.3 Å². The van der Waals surface area contributed by atoms with Gasteiger partial charge in [0.25, 0.3) is 11.8 Å². The number of H-pyrrole nitrogens is 1. The van der Waals surface area contributed by atoms with E-state index in [-0.39, 0.29) is 18.1 Å². The molecule has 1 aromatic heterocycles. The molecule has 1 heterocycles. The maximum absolute atomic E-state index is 13.8. The van der Waals surface area contributed by atoms with Gasteiger partial charge < -0.3 is 25.5 Å². The van der Waals surface area contributed by atoms with Crippen LogP contribution in [-0.4, -0.2) is 30.5 Å². The van der Waals surface area contributed by atoms with Gasteiger partial charge >= 0.3 is 0 Å². The lowest BCUT2D eigenvalue weighted by atomic mass is 10.2. The van der Waals surface area contributed by atoms with Gasteiger partial charge in [-0.1, -0.05) is 6.07 Å². The number of ether oxygens (including phenoxy) is 2. The summed E-state index contributed by atoms with van der Waals surface area (Å²) in [5, 5.41) is 3.00. The van der Waals surface area contributed by atoms with Crippen molar-refractivity contribution in [1.82, 2.24) is 4.98 Å². The summed E-state index contributed by atoms with van der Waals surface area (Å²) in [6.07, 6.45) is 0. The van der Waals surface area contributed by atoms with E-state index in [1.807, 2.05) is 0 Å². The Bertz CT molecular complexity index is 984. The highest BCUT2D eigenvalue weighted by atomic mass is 19.1. The number of anilines is 1. The average Bonchev–Trinajstić information content (AvgIpc) is 3.06. The second-order valence-corrected chi connectivity index (χ2v) is 5.46. The van der Waals surface area contributed by atoms with E-state index in [0.717, 1.165) is 0 Å². The van der Waals surface area contributed by atoms with Gasteiger partial charge in [0.05, 0.1) is 7.11 Å². The number of benzene rings is 2. The molecule has 0 spiro atoms. The molecule has 7 nitrogen and oxygen atoms in total. The van der Waals surface area contributed by atoms with Crippen LogP contribution in [0, 0.1) is 5.82 Å². The third-order valence-electron chi connectivity index (χ3n) is 3.65. The molecule has 2 amide bonds. The number of fused-ring (bicyclic) bond motifs is 1. The fourth-order valence-corrected chi connectivity index (χ4v) is 2.46. The quantitative estimate of drug-likeness (QED) is 0.630. The van der Waals surface area contributed by atoms with Crippen LogP contribution in [0.5, 0.6) is 11.5 Å². The lowest BCUT2D eigenvalue weighted by Crippen LogP contribution is -2.20. The van der Waals surface area contributed by atoms with Gasteiger partial charge in [-0.3, -0.25) is 9.59 Å². The number of aromatic amines is 1. The zero-order valence-electron chi connectivity index (χ0n) is 13.8. The molecule has 0 bridgehead atoms. The van der Waals surface area contributed by atoms with Crippen molar-refractivity contribution in [2.75, 3.05) is 19.0 Å². The molecule has 0 unspecified atom stereocenters. The van der Waals surface area contributed by atoms with E-state index in [4.69, 9.17) is 15.2 Å². The molecule has 3 rings (SSSR count). The number of aromatic nitrogens is 1. The zero-order chi connectivity index (χ0) is 18.7. The normalized spacial score (nSPS) is 10.5. The highest BCUT2D eigenvalue weighted by Crippen LogP contribution is 2.30. The van der Waals surface area contributed by atoms with Crippen molar-refractivity contribution in [3.05, 3.63) is 54.0 Å². The first-order valence-electron chi connectivity index (χ1n) is 7.65. The molecule has 0 aliphatic heterocycles. The van der Waals surface area contributed by atoms with Gasteiger partial charge in [0.1, 0.15) is 11.5 Å². The molecule has 0 saturated carbocycles. The van der Waals surface area contributed by atoms with Gasteiger partial charge in [0, 0.05) is 22.7 Å². The third kappa shape index (κ3) is 3.59. The summed E-state index contributed by atoms with van der Waals surface area (Å²) < 4.78 is 24.2. The van der Waals surface area contributed by atoms with Crippen molar-refractivity contribution < 1.29 is 23.5 Å². The minimum Gasteiger partial charge on any atom is -0.493 e. The Hall–Kier alpha value is -3.55. The van der Waals surface area contributed by atoms with Crippen molar-refractivity contribution in [2.24, 2.45) is 5.73 Å². The number of hydrogen-bond donors (Lipinski definition) is 3. The van der Waals surface area contributed by atoms with E-state index in [1.165, 1.54) is 25.3 Å². The molecule has 0 aliphatic rings. The molecule has 2 aromatic carbocycles. The van der Waals surface area contributed by atoms with Crippen LogP contribution >= 0.6 is 0 Å². The van der Waals surface area contributed by atoms with Crippen molar-refractivity contribution in [2.45, 2.75) is 0 Å². The molecule has 8 heteroatoms. The van der Waals surface area contributed by atoms with Gasteiger partial charge in [0.15, 0.2) is 18.1 Å². The minimum atomic E-state index is -0.637. The predicted octanol–water partition coefficient (Wildman–Crippen LogP) is 2.43. The lowest BCUT2D eigenvalue weighted by molar-refractivity contribution is -0.119. The Kier molecular flexibility index (Phi) is 4.74. The number of nitrogens with one attached hydrogen (secondary N) is 2. The van der Waals surface area contributed by atoms with E-state index >= 15 is 0 Å². The van der Waals surface area contributed by atoms with Crippen LogP contribution in [0.2, 0.25) is 0 Å². The Morgan fingerprint density at radius 3 is 2.69 bits per heavy atom. The van der Waals surface area contributed by atoms with E-state index in [9.17, 15) is 14.0 Å². The predicted molar refractivity (Wildman–Crippen MR) is 93.9 cm³/mol. The molecular weight excluding hydrogens is 341 g/mol. The fourth-order valence-electron chi connectivity index (χ4n) is 2.46. The van der Waals surface area contributed by atoms with Crippen molar-refractivity contribution >= 4 is 28.4 Å². The summed E-state index contributed by atoms with van der Waals surface area (Å²) in [6.45, 7) is -0.324. The van der Waals surface area contributed by atoms with Crippen LogP contribution in [-0.2, 0) is 4.79 Å². The van der Waals surface area contributed by atoms with E-state index in [0.29, 0.717) is 22.3 Å². The number of hydrogen-bond acceptors (Lipinski definition) is 4. The smallest absolute Gasteiger partial charge is 0.272 e. The highest BCUT2D eigenvalue weighted by molar-refractivity contribution is 6.06. The largest absolute Gasteiger partial charge is 0.493 e. The second-order valence-electron chi connectivity index (χ2n) is 5.46. The van der Waals surface area contributed by atoms with Gasteiger partial charge in [-0.2, -0.15) is 0 Å². The Labute approximate surface area is 147 Å². The lowest BCUT2D eigenvalue weighted by Gasteiger charge is -2.11. The Morgan fingerprint density at radius 2 is 2.00 bits per heavy atom. The minimum absolute atomic E-state index is 0.209. The van der Waals surface area contributed by atoms with Gasteiger partial charge in [0.2, 0.25) is 0 Å². The number of carbonyl (C=O) groups excluding carboxylic acids is 2. The maximum Gasteiger partial charge on any atom is 0.272 e. The van der Waals surface area contributed by atoms with Crippen molar-refractivity contribution in [1.29, 1.82) is 0 Å². The number of nitrogens with two attached hydrogens (primary N) is 1. The van der Waals surface area contributed by atoms with Crippen LogP contribution in [0.25, 0.3) is 10.9 Å². The van der Waals surface area contributed by atoms with Crippen LogP contribution in [0.15, 0.2) is 42.5 Å². The molecule has 0 aliphatic carbocycles. The van der Waals surface area contributed by atoms with E-state index in [1.54, 1.807) is 24.3 Å². The van der Waals surface area contributed by atoms with Crippen molar-refractivity contribution in [3.63, 3.8) is 0 Å². The Morgan fingerprint density at radius 1 is 1.19 bits per heavy atom. The number of primary amides is 1. The molecule has 4 N–H and O–H groups in total. The average molecular weight is 357 g/mol. The summed E-state index contributed by atoms with van der Waals surface area (Å²) >= 11 is 0. The number of amides is 2. The Balaban J connectivity index is 1.82. The summed E-state index contributed by atoms with van der Waals surface area (Å²) in [6, 6.07) is 10.7. The first-order valence-corrected chi connectivity index (χ1v) is 7.65. The number of halogens is 1. The first kappa shape index (κ1) is 17.3. The van der Waals surface area contributed by atoms with E-state index < -0.39 is 17.6 Å². The number of carbonyl (C=O) groups is 2. The zero-order valence-corrected chi connectivity index (χ0v) is 13.8. The molecular formula is C18H16FN3O4.